The highest BCUT2D eigenvalue weighted by atomic mass is 35.5. The maximum absolute atomic E-state index is 12.1. The molecule has 0 spiro atoms. The molecule has 1 N–H and O–H groups in total. The summed E-state index contributed by atoms with van der Waals surface area (Å²) in [5, 5.41) is 4.20. The summed E-state index contributed by atoms with van der Waals surface area (Å²) >= 11 is 14.5. The van der Waals surface area contributed by atoms with Crippen molar-refractivity contribution in [2.45, 2.75) is 9.79 Å². The minimum Gasteiger partial charge on any atom is -0.301 e. The number of aromatic nitrogens is 1. The van der Waals surface area contributed by atoms with E-state index in [1.807, 2.05) is 0 Å². The molecule has 0 fully saturated rings. The molecule has 0 unspecified atom stereocenters. The molecule has 10 heteroatoms. The molecular weight excluding hydrogens is 435 g/mol. The Labute approximate surface area is 168 Å². The van der Waals surface area contributed by atoms with Crippen LogP contribution >= 0.6 is 46.3 Å². The van der Waals surface area contributed by atoms with Gasteiger partial charge in [-0.15, -0.1) is 11.8 Å². The molecule has 0 bridgehead atoms. The number of anilines is 1. The zero-order valence-electron chi connectivity index (χ0n) is 13.3. The average Bonchev–Trinajstić information content (AvgIpc) is 2.96. The summed E-state index contributed by atoms with van der Waals surface area (Å²) in [6, 6.07) is 9.74. The number of hydrogen-bond acceptors (Lipinski definition) is 6. The molecule has 1 aromatic heterocycles. The van der Waals surface area contributed by atoms with Crippen molar-refractivity contribution in [2.75, 3.05) is 17.3 Å². The number of sulfone groups is 1. The normalized spacial score (nSPS) is 11.7. The molecule has 0 saturated carbocycles. The van der Waals surface area contributed by atoms with Crippen molar-refractivity contribution >= 4 is 77.4 Å². The number of carbonyl (C=O) groups excluding carboxylic acids is 1. The van der Waals surface area contributed by atoms with E-state index in [1.54, 1.807) is 30.3 Å². The van der Waals surface area contributed by atoms with Gasteiger partial charge < -0.3 is 5.32 Å². The lowest BCUT2D eigenvalue weighted by molar-refractivity contribution is -0.113. The van der Waals surface area contributed by atoms with Gasteiger partial charge in [-0.05, 0) is 36.4 Å². The second-order valence-electron chi connectivity index (χ2n) is 5.33. The first-order valence-corrected chi connectivity index (χ1v) is 11.7. The van der Waals surface area contributed by atoms with Gasteiger partial charge in [0.15, 0.2) is 15.0 Å². The molecule has 0 aliphatic rings. The topological polar surface area (TPSA) is 76.1 Å². The quantitative estimate of drug-likeness (QED) is 0.572. The number of nitrogens with one attached hydrogen (secondary N) is 1. The minimum atomic E-state index is -3.29. The third kappa shape index (κ3) is 4.69. The van der Waals surface area contributed by atoms with E-state index in [4.69, 9.17) is 23.2 Å². The van der Waals surface area contributed by atoms with Gasteiger partial charge in [-0.1, -0.05) is 34.5 Å². The Morgan fingerprint density at radius 3 is 2.73 bits per heavy atom. The van der Waals surface area contributed by atoms with Gasteiger partial charge in [-0.2, -0.15) is 0 Å². The number of halogens is 2. The van der Waals surface area contributed by atoms with Crippen molar-refractivity contribution in [3.05, 3.63) is 46.4 Å². The monoisotopic (exact) mass is 446 g/mol. The third-order valence-corrected chi connectivity index (χ3v) is 7.06. The third-order valence-electron chi connectivity index (χ3n) is 3.29. The highest BCUT2D eigenvalue weighted by Crippen LogP contribution is 2.31. The number of benzene rings is 2. The first-order valence-electron chi connectivity index (χ1n) is 7.21. The number of fused-ring (bicyclic) bond motifs is 1. The van der Waals surface area contributed by atoms with E-state index >= 15 is 0 Å². The predicted octanol–water partition coefficient (Wildman–Crippen LogP) is 4.74. The fraction of sp³-hybridized carbons (Fsp3) is 0.125. The van der Waals surface area contributed by atoms with Crippen LogP contribution in [0, 0.1) is 0 Å². The lowest BCUT2D eigenvalue weighted by Crippen LogP contribution is -2.13. The summed E-state index contributed by atoms with van der Waals surface area (Å²) in [4.78, 5) is 17.4. The van der Waals surface area contributed by atoms with Gasteiger partial charge in [0.05, 0.1) is 25.9 Å². The molecule has 0 aliphatic carbocycles. The van der Waals surface area contributed by atoms with E-state index < -0.39 is 9.84 Å². The SMILES string of the molecule is CS(=O)(=O)c1ccc2nc(NC(=O)CSc3cc(Cl)ccc3Cl)sc2c1. The van der Waals surface area contributed by atoms with Gasteiger partial charge in [0, 0.05) is 16.2 Å². The van der Waals surface area contributed by atoms with Gasteiger partial charge in [-0.3, -0.25) is 4.79 Å². The van der Waals surface area contributed by atoms with Gasteiger partial charge in [0.1, 0.15) is 0 Å². The first-order chi connectivity index (χ1) is 12.2. The summed E-state index contributed by atoms with van der Waals surface area (Å²) in [6.45, 7) is 0. The lowest BCUT2D eigenvalue weighted by atomic mass is 10.3. The molecule has 0 saturated heterocycles. The van der Waals surface area contributed by atoms with Crippen LogP contribution in [-0.2, 0) is 14.6 Å². The maximum Gasteiger partial charge on any atom is 0.236 e. The van der Waals surface area contributed by atoms with Crippen LogP contribution in [0.5, 0.6) is 0 Å². The van der Waals surface area contributed by atoms with Crippen LogP contribution in [0.3, 0.4) is 0 Å². The number of carbonyl (C=O) groups is 1. The molecule has 3 aromatic rings. The van der Waals surface area contributed by atoms with E-state index in [1.165, 1.54) is 29.2 Å². The summed E-state index contributed by atoms with van der Waals surface area (Å²) in [6.07, 6.45) is 1.15. The summed E-state index contributed by atoms with van der Waals surface area (Å²) < 4.78 is 23.9. The number of thioether (sulfide) groups is 1. The first kappa shape index (κ1) is 19.4. The van der Waals surface area contributed by atoms with E-state index in [2.05, 4.69) is 10.3 Å². The molecule has 2 aromatic carbocycles. The van der Waals surface area contributed by atoms with Crippen molar-refractivity contribution in [1.29, 1.82) is 0 Å². The highest BCUT2D eigenvalue weighted by Gasteiger charge is 2.13. The molecule has 5 nitrogen and oxygen atoms in total. The molecule has 0 radical (unpaired) electrons. The number of thiazole rings is 1. The Hall–Kier alpha value is -1.32. The van der Waals surface area contributed by atoms with Crippen LogP contribution in [0.15, 0.2) is 46.2 Å². The molecular formula is C16H12Cl2N2O3S3. The zero-order chi connectivity index (χ0) is 18.9. The van der Waals surface area contributed by atoms with Crippen LogP contribution in [0.2, 0.25) is 10.0 Å². The van der Waals surface area contributed by atoms with E-state index in [0.29, 0.717) is 25.4 Å². The summed E-state index contributed by atoms with van der Waals surface area (Å²) in [7, 11) is -3.29. The fourth-order valence-electron chi connectivity index (χ4n) is 2.08. The van der Waals surface area contributed by atoms with Crippen molar-refractivity contribution < 1.29 is 13.2 Å². The second kappa shape index (κ2) is 7.74. The second-order valence-corrected chi connectivity index (χ2v) is 10.2. The van der Waals surface area contributed by atoms with Crippen LogP contribution < -0.4 is 5.32 Å². The van der Waals surface area contributed by atoms with E-state index in [-0.39, 0.29) is 16.6 Å². The average molecular weight is 447 g/mol. The maximum atomic E-state index is 12.1. The molecule has 3 rings (SSSR count). The molecule has 0 atom stereocenters. The molecule has 26 heavy (non-hydrogen) atoms. The smallest absolute Gasteiger partial charge is 0.236 e. The van der Waals surface area contributed by atoms with Crippen LogP contribution in [0.25, 0.3) is 10.2 Å². The number of nitrogens with zero attached hydrogens (tertiary/aromatic N) is 1. The van der Waals surface area contributed by atoms with Crippen LogP contribution in [-0.4, -0.2) is 31.3 Å². The molecule has 0 aliphatic heterocycles. The van der Waals surface area contributed by atoms with Gasteiger partial charge in [-0.25, -0.2) is 13.4 Å². The highest BCUT2D eigenvalue weighted by molar-refractivity contribution is 8.00. The Kier molecular flexibility index (Phi) is 5.78. The lowest BCUT2D eigenvalue weighted by Gasteiger charge is -2.04. The Balaban J connectivity index is 1.70. The largest absolute Gasteiger partial charge is 0.301 e. The molecule has 136 valence electrons. The van der Waals surface area contributed by atoms with E-state index in [0.717, 1.165) is 11.2 Å². The van der Waals surface area contributed by atoms with Crippen LogP contribution in [0.4, 0.5) is 5.13 Å². The summed E-state index contributed by atoms with van der Waals surface area (Å²) in [5.41, 5.74) is 0.628. The number of hydrogen-bond donors (Lipinski definition) is 1. The Bertz CT molecular complexity index is 1100. The minimum absolute atomic E-state index is 0.143. The summed E-state index contributed by atoms with van der Waals surface area (Å²) in [5.74, 6) is -0.0988. The van der Waals surface area contributed by atoms with Crippen molar-refractivity contribution in [2.24, 2.45) is 0 Å². The van der Waals surface area contributed by atoms with Crippen molar-refractivity contribution in [3.8, 4) is 0 Å². The Morgan fingerprint density at radius 2 is 2.00 bits per heavy atom. The van der Waals surface area contributed by atoms with Crippen molar-refractivity contribution in [1.82, 2.24) is 4.98 Å². The molecule has 1 amide bonds. The Morgan fingerprint density at radius 1 is 1.23 bits per heavy atom. The standard InChI is InChI=1S/C16H12Cl2N2O3S3/c1-26(22,23)10-3-5-12-14(7-10)25-16(19-12)20-15(21)8-24-13-6-9(17)2-4-11(13)18/h2-7H,8H2,1H3,(H,19,20,21). The number of rotatable bonds is 5. The zero-order valence-corrected chi connectivity index (χ0v) is 17.3. The molecule has 1 heterocycles. The van der Waals surface area contributed by atoms with E-state index in [9.17, 15) is 13.2 Å². The van der Waals surface area contributed by atoms with Gasteiger partial charge >= 0.3 is 0 Å². The van der Waals surface area contributed by atoms with Gasteiger partial charge in [0.2, 0.25) is 5.91 Å². The fourth-order valence-corrected chi connectivity index (χ4v) is 5.01. The van der Waals surface area contributed by atoms with Crippen molar-refractivity contribution in [3.63, 3.8) is 0 Å². The van der Waals surface area contributed by atoms with Crippen LogP contribution in [0.1, 0.15) is 0 Å². The predicted molar refractivity (Wildman–Crippen MR) is 109 cm³/mol. The van der Waals surface area contributed by atoms with Gasteiger partial charge in [0.25, 0.3) is 0 Å². The number of amides is 1.